The molecule has 1 aromatic rings. The first kappa shape index (κ1) is 15.5. The summed E-state index contributed by atoms with van der Waals surface area (Å²) >= 11 is 0. The molecule has 0 radical (unpaired) electrons. The number of hydrogen-bond acceptors (Lipinski definition) is 2. The zero-order valence-corrected chi connectivity index (χ0v) is 12.7. The molecular weight excluding hydrogens is 243 g/mol. The van der Waals surface area contributed by atoms with Crippen molar-refractivity contribution in [2.45, 2.75) is 58.0 Å². The van der Waals surface area contributed by atoms with Crippen LogP contribution in [0.1, 0.15) is 57.9 Å². The quantitative estimate of drug-likeness (QED) is 0.592. The highest BCUT2D eigenvalue weighted by atomic mass is 31.1. The van der Waals surface area contributed by atoms with E-state index in [1.165, 1.54) is 5.56 Å². The second kappa shape index (κ2) is 8.50. The van der Waals surface area contributed by atoms with Crippen molar-refractivity contribution in [3.8, 4) is 0 Å². The Kier molecular flexibility index (Phi) is 7.31. The maximum absolute atomic E-state index is 11.1. The van der Waals surface area contributed by atoms with Gasteiger partial charge in [-0.3, -0.25) is 4.57 Å². The number of unbranched alkanes of at least 4 members (excludes halogenated alkanes) is 2. The summed E-state index contributed by atoms with van der Waals surface area (Å²) in [6.07, 6.45) is 6.41. The van der Waals surface area contributed by atoms with E-state index in [2.05, 4.69) is 26.0 Å². The monoisotopic (exact) mass is 268 g/mol. The van der Waals surface area contributed by atoms with E-state index in [9.17, 15) is 4.57 Å². The molecule has 0 aromatic heterocycles. The van der Waals surface area contributed by atoms with E-state index in [4.69, 9.17) is 4.52 Å². The molecule has 1 aromatic carbocycles. The summed E-state index contributed by atoms with van der Waals surface area (Å²) < 4.78 is 16.9. The Labute approximate surface area is 112 Å². The van der Waals surface area contributed by atoms with Crippen molar-refractivity contribution in [2.75, 3.05) is 0 Å². The number of rotatable bonds is 9. The van der Waals surface area contributed by atoms with Gasteiger partial charge in [-0.1, -0.05) is 69.9 Å². The summed E-state index contributed by atoms with van der Waals surface area (Å²) in [5, 5.41) is 0. The zero-order valence-electron chi connectivity index (χ0n) is 11.5. The zero-order chi connectivity index (χ0) is 13.3. The van der Waals surface area contributed by atoms with Crippen LogP contribution < -0.4 is 0 Å². The number of benzene rings is 1. The Hall–Kier alpha value is -0.590. The standard InChI is InChI=1S/C15H25O2P/c1-3-5-12-15(17-18-16,13-6-4-2)14-10-8-7-9-11-14/h7-11H,3-6,12-13,18H2,1-2H3. The molecule has 0 aliphatic heterocycles. The molecule has 1 atom stereocenters. The normalized spacial score (nSPS) is 12.3. The molecule has 0 bridgehead atoms. The molecule has 0 spiro atoms. The van der Waals surface area contributed by atoms with Gasteiger partial charge >= 0.3 is 0 Å². The van der Waals surface area contributed by atoms with Crippen molar-refractivity contribution < 1.29 is 9.09 Å². The molecule has 2 nitrogen and oxygen atoms in total. The van der Waals surface area contributed by atoms with Gasteiger partial charge in [0, 0.05) is 0 Å². The molecule has 0 heterocycles. The maximum atomic E-state index is 11.1. The lowest BCUT2D eigenvalue weighted by molar-refractivity contribution is 0.0568. The summed E-state index contributed by atoms with van der Waals surface area (Å²) in [5.41, 5.74) is 0.847. The first-order valence-corrected chi connectivity index (χ1v) is 7.90. The summed E-state index contributed by atoms with van der Waals surface area (Å²) in [4.78, 5) is 0. The molecule has 18 heavy (non-hydrogen) atoms. The van der Waals surface area contributed by atoms with Gasteiger partial charge in [-0.2, -0.15) is 0 Å². The molecule has 0 N–H and O–H groups in total. The van der Waals surface area contributed by atoms with Crippen LogP contribution in [0.15, 0.2) is 30.3 Å². The van der Waals surface area contributed by atoms with E-state index in [1.54, 1.807) is 0 Å². The van der Waals surface area contributed by atoms with Crippen LogP contribution in [0.5, 0.6) is 0 Å². The maximum Gasteiger partial charge on any atom is 0.180 e. The predicted octanol–water partition coefficient (Wildman–Crippen LogP) is 4.95. The molecule has 3 heteroatoms. The van der Waals surface area contributed by atoms with Gasteiger partial charge in [-0.05, 0) is 18.4 Å². The minimum absolute atomic E-state index is 0.329. The molecule has 102 valence electrons. The average Bonchev–Trinajstić information content (AvgIpc) is 2.43. The van der Waals surface area contributed by atoms with E-state index in [0.29, 0.717) is 0 Å². The second-order valence-corrected chi connectivity index (χ2v) is 5.21. The van der Waals surface area contributed by atoms with Crippen molar-refractivity contribution in [3.63, 3.8) is 0 Å². The van der Waals surface area contributed by atoms with E-state index in [-0.39, 0.29) is 5.60 Å². The second-order valence-electron chi connectivity index (χ2n) is 4.78. The van der Waals surface area contributed by atoms with Gasteiger partial charge < -0.3 is 4.52 Å². The van der Waals surface area contributed by atoms with Crippen molar-refractivity contribution in [2.24, 2.45) is 0 Å². The Bertz CT molecular complexity index is 330. The van der Waals surface area contributed by atoms with Crippen LogP contribution in [0.2, 0.25) is 0 Å². The van der Waals surface area contributed by atoms with Gasteiger partial charge in [0.25, 0.3) is 0 Å². The molecule has 0 saturated heterocycles. The minimum atomic E-state index is -1.17. The van der Waals surface area contributed by atoms with Gasteiger partial charge in [0.2, 0.25) is 0 Å². The van der Waals surface area contributed by atoms with Gasteiger partial charge in [-0.25, -0.2) is 0 Å². The third kappa shape index (κ3) is 4.26. The molecule has 0 aliphatic carbocycles. The lowest BCUT2D eigenvalue weighted by Crippen LogP contribution is -2.26. The van der Waals surface area contributed by atoms with Crippen LogP contribution in [0.25, 0.3) is 0 Å². The first-order valence-electron chi connectivity index (χ1n) is 6.96. The Morgan fingerprint density at radius 1 is 1.06 bits per heavy atom. The van der Waals surface area contributed by atoms with E-state index in [1.807, 2.05) is 18.2 Å². The highest BCUT2D eigenvalue weighted by Gasteiger charge is 2.31. The van der Waals surface area contributed by atoms with Crippen LogP contribution in [-0.4, -0.2) is 0 Å². The summed E-state index contributed by atoms with van der Waals surface area (Å²) in [6.45, 7) is 4.36. The smallest absolute Gasteiger partial charge is 0.180 e. The van der Waals surface area contributed by atoms with Crippen LogP contribution in [0.4, 0.5) is 0 Å². The molecule has 0 amide bonds. The largest absolute Gasteiger partial charge is 0.321 e. The Balaban J connectivity index is 2.97. The van der Waals surface area contributed by atoms with Crippen LogP contribution >= 0.6 is 8.69 Å². The van der Waals surface area contributed by atoms with Gasteiger partial charge in [0.1, 0.15) is 5.60 Å². The molecule has 0 saturated carbocycles. The van der Waals surface area contributed by atoms with Gasteiger partial charge in [0.15, 0.2) is 8.69 Å². The van der Waals surface area contributed by atoms with Crippen molar-refractivity contribution >= 4 is 8.69 Å². The summed E-state index contributed by atoms with van der Waals surface area (Å²) in [5.74, 6) is 0. The Morgan fingerprint density at radius 2 is 1.61 bits per heavy atom. The van der Waals surface area contributed by atoms with E-state index < -0.39 is 8.69 Å². The van der Waals surface area contributed by atoms with Crippen LogP contribution in [0.3, 0.4) is 0 Å². The van der Waals surface area contributed by atoms with Gasteiger partial charge in [0.05, 0.1) is 0 Å². The fourth-order valence-electron chi connectivity index (χ4n) is 2.36. The molecule has 0 fully saturated rings. The minimum Gasteiger partial charge on any atom is -0.321 e. The van der Waals surface area contributed by atoms with Crippen LogP contribution in [-0.2, 0) is 14.7 Å². The molecular formula is C15H25O2P. The average molecular weight is 268 g/mol. The topological polar surface area (TPSA) is 26.3 Å². The third-order valence-corrected chi connectivity index (χ3v) is 3.99. The van der Waals surface area contributed by atoms with E-state index >= 15 is 0 Å². The first-order chi connectivity index (χ1) is 8.79. The van der Waals surface area contributed by atoms with Crippen LogP contribution in [0, 0.1) is 0 Å². The molecule has 1 rings (SSSR count). The van der Waals surface area contributed by atoms with Crippen molar-refractivity contribution in [3.05, 3.63) is 35.9 Å². The SMILES string of the molecule is CCCCC(CCCC)(O[PH2]=O)c1ccccc1. The number of hydrogen-bond donors (Lipinski definition) is 0. The highest BCUT2D eigenvalue weighted by Crippen LogP contribution is 2.39. The summed E-state index contributed by atoms with van der Waals surface area (Å²) in [7, 11) is -1.17. The van der Waals surface area contributed by atoms with E-state index in [0.717, 1.165) is 38.5 Å². The van der Waals surface area contributed by atoms with Gasteiger partial charge in [-0.15, -0.1) is 0 Å². The molecule has 1 unspecified atom stereocenters. The Morgan fingerprint density at radius 3 is 2.06 bits per heavy atom. The molecule has 0 aliphatic rings. The highest BCUT2D eigenvalue weighted by molar-refractivity contribution is 7.17. The fraction of sp³-hybridized carbons (Fsp3) is 0.600. The predicted molar refractivity (Wildman–Crippen MR) is 78.7 cm³/mol. The lowest BCUT2D eigenvalue weighted by Gasteiger charge is -2.32. The van der Waals surface area contributed by atoms with Crippen molar-refractivity contribution in [1.82, 2.24) is 0 Å². The lowest BCUT2D eigenvalue weighted by atomic mass is 9.84. The van der Waals surface area contributed by atoms with Crippen molar-refractivity contribution in [1.29, 1.82) is 0 Å². The summed E-state index contributed by atoms with van der Waals surface area (Å²) in [6, 6.07) is 10.3. The third-order valence-electron chi connectivity index (χ3n) is 3.44. The fourth-order valence-corrected chi connectivity index (χ4v) is 2.91.